The molecule has 0 saturated carbocycles. The van der Waals surface area contributed by atoms with E-state index in [0.29, 0.717) is 56.2 Å². The molecule has 16 heteroatoms. The van der Waals surface area contributed by atoms with Gasteiger partial charge >= 0.3 is 6.01 Å². The van der Waals surface area contributed by atoms with Gasteiger partial charge in [-0.1, -0.05) is 207 Å². The van der Waals surface area contributed by atoms with Crippen LogP contribution in [0.15, 0.2) is 213 Å². The van der Waals surface area contributed by atoms with Crippen LogP contribution in [0.1, 0.15) is 174 Å². The summed E-state index contributed by atoms with van der Waals surface area (Å²) in [5.41, 5.74) is 11.8. The van der Waals surface area contributed by atoms with Gasteiger partial charge < -0.3 is 9.84 Å². The van der Waals surface area contributed by atoms with Crippen LogP contribution in [-0.2, 0) is 0 Å². The van der Waals surface area contributed by atoms with Gasteiger partial charge in [0.15, 0.2) is 35.8 Å². The highest BCUT2D eigenvalue weighted by molar-refractivity contribution is 6.15. The lowest BCUT2D eigenvalue weighted by Gasteiger charge is -2.14. The molecule has 0 fully saturated rings. The Bertz CT molecular complexity index is 4070. The third-order valence-electron chi connectivity index (χ3n) is 13.3. The van der Waals surface area contributed by atoms with Crippen molar-refractivity contribution in [3.05, 3.63) is 280 Å². The number of ketones is 4. The number of aromatic nitrogens is 10. The fourth-order valence-corrected chi connectivity index (χ4v) is 8.94. The average molecular weight is 1200 g/mol. The Kier molecular flexibility index (Phi) is 26.1. The molecule has 90 heavy (non-hydrogen) atoms. The number of benzene rings is 8. The van der Waals surface area contributed by atoms with Crippen LogP contribution < -0.4 is 4.74 Å². The van der Waals surface area contributed by atoms with Crippen LogP contribution in [0.25, 0.3) is 28.2 Å². The van der Waals surface area contributed by atoms with Crippen LogP contribution in [0.3, 0.4) is 0 Å². The first-order valence-corrected chi connectivity index (χ1v) is 30.0. The quantitative estimate of drug-likeness (QED) is 0.0944. The van der Waals surface area contributed by atoms with Crippen LogP contribution >= 0.6 is 0 Å². The maximum atomic E-state index is 13.5. The van der Waals surface area contributed by atoms with Crippen LogP contribution in [0.5, 0.6) is 17.5 Å². The van der Waals surface area contributed by atoms with E-state index >= 15 is 0 Å². The highest BCUT2D eigenvalue weighted by Gasteiger charge is 2.21. The molecule has 3 heterocycles. The number of hydrogen-bond acceptors (Lipinski definition) is 15. The standard InChI is InChI=1S/C31H24N4O3.C29H24O3.C7H8N6.C3H8.2C2H6/c1-20(2)23-13-16-27(28(18-23)30(37)21-7-4-3-5-8-21)24-9-6-10-25(17-24)29(36)22-11-14-26(15-12-22)38-31-34-32-19-33-35-31;1-19(2)22-13-16-26(27(18-22)29(32)20-7-4-3-5-8-20)23-9-6-10-24(17-23)28(31)21-11-14-25(30)15-12-21;1-5-3-6(2)13(12-5)7-10-8-4-9-11-7;1-3-2;2*1-2/h3-20H,1-2H3;3-19,30H,1-2H3;3-4H,1-2H3;3H2,1-2H3;2*1-2H3. The Morgan fingerprint density at radius 2 is 0.833 bits per heavy atom. The van der Waals surface area contributed by atoms with Crippen LogP contribution in [-0.4, -0.2) is 78.8 Å². The summed E-state index contributed by atoms with van der Waals surface area (Å²) in [6, 6.07) is 59.9. The fraction of sp³-hybridized carbons (Fsp3) is 0.203. The Balaban J connectivity index is 0.000000222. The highest BCUT2D eigenvalue weighted by atomic mass is 16.5. The average Bonchev–Trinajstić information content (AvgIpc) is 1.46. The topological polar surface area (TPSA) is 219 Å². The van der Waals surface area contributed by atoms with Crippen molar-refractivity contribution in [3.63, 3.8) is 0 Å². The molecule has 0 bridgehead atoms. The third-order valence-corrected chi connectivity index (χ3v) is 13.3. The van der Waals surface area contributed by atoms with E-state index in [2.05, 4.69) is 87.4 Å². The van der Waals surface area contributed by atoms with E-state index in [0.717, 1.165) is 44.8 Å². The van der Waals surface area contributed by atoms with Gasteiger partial charge in [0.25, 0.3) is 5.95 Å². The molecule has 0 aliphatic rings. The number of rotatable bonds is 15. The van der Waals surface area contributed by atoms with Gasteiger partial charge in [0.05, 0.1) is 5.69 Å². The first kappa shape index (κ1) is 68.2. The summed E-state index contributed by atoms with van der Waals surface area (Å²) in [5, 5.41) is 43.3. The van der Waals surface area contributed by atoms with E-state index in [-0.39, 0.29) is 46.7 Å². The predicted molar refractivity (Wildman–Crippen MR) is 354 cm³/mol. The number of aryl methyl sites for hydroxylation is 2. The molecule has 0 aliphatic heterocycles. The van der Waals surface area contributed by atoms with E-state index in [1.807, 2.05) is 181 Å². The number of nitrogens with zero attached hydrogens (tertiary/aromatic N) is 10. The molecule has 458 valence electrons. The Morgan fingerprint density at radius 3 is 1.23 bits per heavy atom. The lowest BCUT2D eigenvalue weighted by atomic mass is 9.89. The maximum Gasteiger partial charge on any atom is 0.360 e. The number of ether oxygens (including phenoxy) is 1. The van der Waals surface area contributed by atoms with Crippen LogP contribution in [0, 0.1) is 13.8 Å². The molecule has 0 atom stereocenters. The van der Waals surface area contributed by atoms with Gasteiger partial charge in [-0.15, -0.1) is 30.6 Å². The molecule has 11 rings (SSSR count). The molecule has 0 aliphatic carbocycles. The first-order valence-electron chi connectivity index (χ1n) is 30.0. The Labute approximate surface area is 527 Å². The van der Waals surface area contributed by atoms with Crippen molar-refractivity contribution >= 4 is 23.1 Å². The zero-order valence-electron chi connectivity index (χ0n) is 53.0. The lowest BCUT2D eigenvalue weighted by molar-refractivity contribution is 0.103. The molecule has 0 radical (unpaired) electrons. The van der Waals surface area contributed by atoms with Crippen LogP contribution in [0.2, 0.25) is 0 Å². The molecule has 3 aromatic heterocycles. The molecule has 0 unspecified atom stereocenters. The Hall–Kier alpha value is -10.9. The smallest absolute Gasteiger partial charge is 0.360 e. The molecule has 16 nitrogen and oxygen atoms in total. The summed E-state index contributed by atoms with van der Waals surface area (Å²) in [5.74, 6) is 1.15. The summed E-state index contributed by atoms with van der Waals surface area (Å²) in [4.78, 5) is 53.2. The normalized spacial score (nSPS) is 10.2. The zero-order valence-corrected chi connectivity index (χ0v) is 53.0. The largest absolute Gasteiger partial charge is 0.508 e. The molecular weight excluding hydrogens is 1120 g/mol. The van der Waals surface area contributed by atoms with E-state index in [1.54, 1.807) is 53.2 Å². The van der Waals surface area contributed by atoms with Crippen molar-refractivity contribution in [1.82, 2.24) is 50.6 Å². The van der Waals surface area contributed by atoms with E-state index in [1.165, 1.54) is 31.2 Å². The van der Waals surface area contributed by atoms with Gasteiger partial charge in [0.2, 0.25) is 0 Å². The SMILES string of the molecule is CC.CC.CC(C)c1ccc(-c2cccc(C(=O)c3ccc(O)cc3)c2)c(C(=O)c2ccccc2)c1.CC(C)c1ccc(-c2cccc(C(=O)c3ccc(Oc4nncnn4)cc3)c2)c(C(=O)c2ccccc2)c1.CCC.Cc1cc(C)n(-c2nncnn2)n1. The first-order chi connectivity index (χ1) is 43.6. The van der Waals surface area contributed by atoms with Gasteiger partial charge in [-0.05, 0) is 138 Å². The van der Waals surface area contributed by atoms with Crippen molar-refractivity contribution in [2.24, 2.45) is 0 Å². The van der Waals surface area contributed by atoms with Gasteiger partial charge in [0, 0.05) is 50.2 Å². The number of phenols is 1. The summed E-state index contributed by atoms with van der Waals surface area (Å²) in [6.07, 6.45) is 3.75. The third kappa shape index (κ3) is 18.6. The summed E-state index contributed by atoms with van der Waals surface area (Å²) in [7, 11) is 0. The lowest BCUT2D eigenvalue weighted by Crippen LogP contribution is -2.06. The van der Waals surface area contributed by atoms with Gasteiger partial charge in [-0.3, -0.25) is 19.2 Å². The highest BCUT2D eigenvalue weighted by Crippen LogP contribution is 2.33. The fourth-order valence-electron chi connectivity index (χ4n) is 8.94. The van der Waals surface area contributed by atoms with E-state index in [4.69, 9.17) is 4.74 Å². The summed E-state index contributed by atoms with van der Waals surface area (Å²) >= 11 is 0. The number of carbonyl (C=O) groups is 4. The Morgan fingerprint density at radius 1 is 0.444 bits per heavy atom. The molecule has 0 saturated heterocycles. The molecule has 1 N–H and O–H groups in total. The zero-order chi connectivity index (χ0) is 65.1. The van der Waals surface area contributed by atoms with Crippen molar-refractivity contribution < 1.29 is 29.0 Å². The van der Waals surface area contributed by atoms with Gasteiger partial charge in [-0.25, -0.2) is 4.68 Å². The monoisotopic (exact) mass is 1200 g/mol. The number of phenolic OH excluding ortho intramolecular Hbond substituents is 1. The van der Waals surface area contributed by atoms with Crippen molar-refractivity contribution in [2.45, 2.75) is 101 Å². The molecule has 0 spiro atoms. The molecule has 11 aromatic rings. The molecule has 8 aromatic carbocycles. The predicted octanol–water partition coefficient (Wildman–Crippen LogP) is 16.5. The second-order valence-electron chi connectivity index (χ2n) is 20.5. The van der Waals surface area contributed by atoms with Gasteiger partial charge in [0.1, 0.15) is 11.5 Å². The minimum Gasteiger partial charge on any atom is -0.508 e. The van der Waals surface area contributed by atoms with Crippen molar-refractivity contribution in [1.29, 1.82) is 0 Å². The van der Waals surface area contributed by atoms with E-state index in [9.17, 15) is 24.3 Å². The minimum atomic E-state index is -0.146. The maximum absolute atomic E-state index is 13.5. The van der Waals surface area contributed by atoms with Crippen LogP contribution in [0.4, 0.5) is 0 Å². The summed E-state index contributed by atoms with van der Waals surface area (Å²) in [6.45, 7) is 24.5. The number of carbonyl (C=O) groups excluding carboxylic acids is 4. The number of hydrogen-bond donors (Lipinski definition) is 1. The number of aromatic hydroxyl groups is 1. The van der Waals surface area contributed by atoms with Crippen molar-refractivity contribution in [3.8, 4) is 45.7 Å². The van der Waals surface area contributed by atoms with Crippen molar-refractivity contribution in [2.75, 3.05) is 0 Å². The molecular formula is C74H76N10O6. The second kappa shape index (κ2) is 34.5. The molecule has 0 amide bonds. The van der Waals surface area contributed by atoms with E-state index < -0.39 is 0 Å². The van der Waals surface area contributed by atoms with Gasteiger partial charge in [-0.2, -0.15) is 5.10 Å². The summed E-state index contributed by atoms with van der Waals surface area (Å²) < 4.78 is 7.11. The minimum absolute atomic E-state index is 0.0172. The second-order valence-corrected chi connectivity index (χ2v) is 20.5.